The van der Waals surface area contributed by atoms with Crippen LogP contribution in [-0.4, -0.2) is 16.7 Å². The number of alkyl carbamates (subject to hydrolysis) is 1. The molecule has 0 aliphatic heterocycles. The van der Waals surface area contributed by atoms with Gasteiger partial charge in [-0.3, -0.25) is 0 Å². The summed E-state index contributed by atoms with van der Waals surface area (Å²) in [5, 5.41) is 5.69. The van der Waals surface area contributed by atoms with Gasteiger partial charge in [-0.1, -0.05) is 42.5 Å². The van der Waals surface area contributed by atoms with Crippen LogP contribution in [0.15, 0.2) is 66.2 Å². The first-order chi connectivity index (χ1) is 13.9. The van der Waals surface area contributed by atoms with Gasteiger partial charge in [-0.05, 0) is 50.5 Å². The highest BCUT2D eigenvalue weighted by Gasteiger charge is 2.22. The lowest BCUT2D eigenvalue weighted by atomic mass is 10.1. The molecule has 29 heavy (non-hydrogen) atoms. The molecular formula is C23H26N2O3S. The third-order valence-electron chi connectivity index (χ3n) is 4.05. The highest BCUT2D eigenvalue weighted by Crippen LogP contribution is 2.23. The van der Waals surface area contributed by atoms with E-state index in [-0.39, 0.29) is 6.04 Å². The van der Waals surface area contributed by atoms with Crippen LogP contribution in [0.4, 0.5) is 4.79 Å². The fourth-order valence-electron chi connectivity index (χ4n) is 2.75. The van der Waals surface area contributed by atoms with Crippen molar-refractivity contribution in [2.75, 3.05) is 0 Å². The average Bonchev–Trinajstić information content (AvgIpc) is 3.21. The number of carbonyl (C=O) groups is 1. The first-order valence-electron chi connectivity index (χ1n) is 9.53. The number of rotatable bonds is 7. The van der Waals surface area contributed by atoms with E-state index in [0.717, 1.165) is 21.9 Å². The average molecular weight is 411 g/mol. The van der Waals surface area contributed by atoms with Gasteiger partial charge in [0.1, 0.15) is 23.0 Å². The first-order valence-corrected chi connectivity index (χ1v) is 10.4. The highest BCUT2D eigenvalue weighted by molar-refractivity contribution is 7.09. The van der Waals surface area contributed by atoms with Gasteiger partial charge in [-0.25, -0.2) is 9.78 Å². The molecular weight excluding hydrogens is 384 g/mol. The second kappa shape index (κ2) is 9.56. The van der Waals surface area contributed by atoms with E-state index in [0.29, 0.717) is 13.0 Å². The van der Waals surface area contributed by atoms with Crippen LogP contribution in [0.3, 0.4) is 0 Å². The predicted molar refractivity (Wildman–Crippen MR) is 115 cm³/mol. The van der Waals surface area contributed by atoms with Crippen molar-refractivity contribution in [3.63, 3.8) is 0 Å². The van der Waals surface area contributed by atoms with Gasteiger partial charge in [0.15, 0.2) is 0 Å². The Kier molecular flexibility index (Phi) is 6.88. The molecule has 1 amide bonds. The minimum Gasteiger partial charge on any atom is -0.489 e. The Balaban J connectivity index is 1.62. The molecule has 0 saturated carbocycles. The maximum absolute atomic E-state index is 12.3. The summed E-state index contributed by atoms with van der Waals surface area (Å²) < 4.78 is 11.2. The molecule has 2 aromatic carbocycles. The van der Waals surface area contributed by atoms with E-state index in [1.54, 1.807) is 6.20 Å². The maximum atomic E-state index is 12.3. The molecule has 0 spiro atoms. The summed E-state index contributed by atoms with van der Waals surface area (Å²) in [5.41, 5.74) is 1.66. The lowest BCUT2D eigenvalue weighted by Gasteiger charge is -2.23. The van der Waals surface area contributed by atoms with Gasteiger partial charge >= 0.3 is 6.09 Å². The zero-order valence-electron chi connectivity index (χ0n) is 16.9. The number of amides is 1. The van der Waals surface area contributed by atoms with Gasteiger partial charge in [0.2, 0.25) is 0 Å². The molecule has 5 nitrogen and oxygen atoms in total. The summed E-state index contributed by atoms with van der Waals surface area (Å²) in [5.74, 6) is 0.809. The number of carbonyl (C=O) groups excluding carboxylic acids is 1. The van der Waals surface area contributed by atoms with Gasteiger partial charge in [-0.2, -0.15) is 0 Å². The lowest BCUT2D eigenvalue weighted by Crippen LogP contribution is -2.35. The van der Waals surface area contributed by atoms with Crippen LogP contribution in [0, 0.1) is 0 Å². The third-order valence-corrected chi connectivity index (χ3v) is 4.94. The van der Waals surface area contributed by atoms with Crippen LogP contribution in [0.2, 0.25) is 0 Å². The minimum atomic E-state index is -0.546. The summed E-state index contributed by atoms with van der Waals surface area (Å²) in [6, 6.07) is 17.7. The van der Waals surface area contributed by atoms with Crippen molar-refractivity contribution in [3.8, 4) is 5.75 Å². The number of thiazole rings is 1. The van der Waals surface area contributed by atoms with Crippen LogP contribution in [0.1, 0.15) is 42.9 Å². The molecule has 0 saturated heterocycles. The Bertz CT molecular complexity index is 888. The normalized spacial score (nSPS) is 12.2. The molecule has 6 heteroatoms. The van der Waals surface area contributed by atoms with E-state index in [4.69, 9.17) is 9.47 Å². The quantitative estimate of drug-likeness (QED) is 0.556. The summed E-state index contributed by atoms with van der Waals surface area (Å²) in [6.45, 7) is 6.07. The summed E-state index contributed by atoms with van der Waals surface area (Å²) >= 11 is 1.51. The Morgan fingerprint density at radius 3 is 2.41 bits per heavy atom. The van der Waals surface area contributed by atoms with Crippen molar-refractivity contribution in [1.29, 1.82) is 0 Å². The molecule has 0 bridgehead atoms. The zero-order chi connectivity index (χ0) is 20.7. The van der Waals surface area contributed by atoms with Crippen molar-refractivity contribution in [3.05, 3.63) is 82.3 Å². The molecule has 0 unspecified atom stereocenters. The molecule has 1 N–H and O–H groups in total. The second-order valence-corrected chi connectivity index (χ2v) is 8.62. The molecule has 3 rings (SSSR count). The Morgan fingerprint density at radius 2 is 1.79 bits per heavy atom. The molecule has 0 aliphatic rings. The molecule has 152 valence electrons. The molecule has 1 heterocycles. The van der Waals surface area contributed by atoms with E-state index in [2.05, 4.69) is 10.3 Å². The van der Waals surface area contributed by atoms with Gasteiger partial charge in [0, 0.05) is 11.6 Å². The SMILES string of the molecule is CC(C)(C)OC(=O)N[C@@H](Cc1ccc(OCc2ccccc2)cc1)c1nccs1. The van der Waals surface area contributed by atoms with Crippen molar-refractivity contribution < 1.29 is 14.3 Å². The monoisotopic (exact) mass is 410 g/mol. The number of nitrogens with one attached hydrogen (secondary N) is 1. The van der Waals surface area contributed by atoms with Gasteiger partial charge < -0.3 is 14.8 Å². The van der Waals surface area contributed by atoms with Crippen LogP contribution < -0.4 is 10.1 Å². The molecule has 3 aromatic rings. The molecule has 0 aliphatic carbocycles. The van der Waals surface area contributed by atoms with Crippen molar-refractivity contribution in [1.82, 2.24) is 10.3 Å². The van der Waals surface area contributed by atoms with Crippen LogP contribution in [0.25, 0.3) is 0 Å². The highest BCUT2D eigenvalue weighted by atomic mass is 32.1. The Labute approximate surface area is 175 Å². The molecule has 1 atom stereocenters. The summed E-state index contributed by atoms with van der Waals surface area (Å²) in [4.78, 5) is 16.6. The Hall–Kier alpha value is -2.86. The van der Waals surface area contributed by atoms with Gasteiger partial charge in [-0.15, -0.1) is 11.3 Å². The fourth-order valence-corrected chi connectivity index (χ4v) is 3.44. The first kappa shape index (κ1) is 20.9. The van der Waals surface area contributed by atoms with E-state index in [1.807, 2.05) is 80.7 Å². The smallest absolute Gasteiger partial charge is 0.408 e. The van der Waals surface area contributed by atoms with E-state index >= 15 is 0 Å². The maximum Gasteiger partial charge on any atom is 0.408 e. The van der Waals surface area contributed by atoms with Crippen LogP contribution >= 0.6 is 11.3 Å². The third kappa shape index (κ3) is 6.91. The molecule has 0 radical (unpaired) electrons. The number of aromatic nitrogens is 1. The number of benzene rings is 2. The van der Waals surface area contributed by atoms with Crippen molar-refractivity contribution >= 4 is 17.4 Å². The van der Waals surface area contributed by atoms with E-state index in [1.165, 1.54) is 11.3 Å². The molecule has 0 fully saturated rings. The van der Waals surface area contributed by atoms with Gasteiger partial charge in [0.25, 0.3) is 0 Å². The fraction of sp³-hybridized carbons (Fsp3) is 0.304. The van der Waals surface area contributed by atoms with Crippen molar-refractivity contribution in [2.24, 2.45) is 0 Å². The number of hydrogen-bond acceptors (Lipinski definition) is 5. The number of nitrogens with zero attached hydrogens (tertiary/aromatic N) is 1. The summed E-state index contributed by atoms with van der Waals surface area (Å²) in [7, 11) is 0. The minimum absolute atomic E-state index is 0.249. The zero-order valence-corrected chi connectivity index (χ0v) is 17.7. The lowest BCUT2D eigenvalue weighted by molar-refractivity contribution is 0.0503. The second-order valence-electron chi connectivity index (χ2n) is 7.69. The topological polar surface area (TPSA) is 60.5 Å². The molecule has 1 aromatic heterocycles. The van der Waals surface area contributed by atoms with Crippen molar-refractivity contribution in [2.45, 2.75) is 45.4 Å². The van der Waals surface area contributed by atoms with E-state index < -0.39 is 11.7 Å². The van der Waals surface area contributed by atoms with Crippen LogP contribution in [0.5, 0.6) is 5.75 Å². The van der Waals surface area contributed by atoms with E-state index in [9.17, 15) is 4.79 Å². The number of hydrogen-bond donors (Lipinski definition) is 1. The predicted octanol–water partition coefficient (Wildman–Crippen LogP) is 5.53. The largest absolute Gasteiger partial charge is 0.489 e. The number of ether oxygens (including phenoxy) is 2. The standard InChI is InChI=1S/C23H26N2O3S/c1-23(2,3)28-22(26)25-20(21-24-13-14-29-21)15-17-9-11-19(12-10-17)27-16-18-7-5-4-6-8-18/h4-14,20H,15-16H2,1-3H3,(H,25,26)/t20-/m0/s1. The van der Waals surface area contributed by atoms with Crippen LogP contribution in [-0.2, 0) is 17.8 Å². The van der Waals surface area contributed by atoms with Gasteiger partial charge in [0.05, 0.1) is 6.04 Å². The Morgan fingerprint density at radius 1 is 1.07 bits per heavy atom. The summed E-state index contributed by atoms with van der Waals surface area (Å²) in [6.07, 6.45) is 1.91.